The van der Waals surface area contributed by atoms with Crippen LogP contribution in [-0.2, 0) is 0 Å². The average molecular weight is 278 g/mol. The van der Waals surface area contributed by atoms with Crippen molar-refractivity contribution < 1.29 is 0 Å². The third-order valence-corrected chi connectivity index (χ3v) is 3.80. The first-order valence-corrected chi connectivity index (χ1v) is 7.90. The molecule has 1 aromatic heterocycles. The molecule has 0 saturated carbocycles. The number of hydrogen-bond acceptors (Lipinski definition) is 4. The number of nitrogens with one attached hydrogen (secondary N) is 2. The van der Waals surface area contributed by atoms with Gasteiger partial charge in [-0.15, -0.1) is 0 Å². The highest BCUT2D eigenvalue weighted by molar-refractivity contribution is 5.58. The van der Waals surface area contributed by atoms with E-state index in [1.807, 2.05) is 7.05 Å². The quantitative estimate of drug-likeness (QED) is 0.708. The molecule has 0 aliphatic rings. The monoisotopic (exact) mass is 278 g/mol. The van der Waals surface area contributed by atoms with Crippen molar-refractivity contribution in [3.05, 3.63) is 11.9 Å². The molecule has 1 unspecified atom stereocenters. The molecule has 0 aromatic carbocycles. The van der Waals surface area contributed by atoms with E-state index in [0.29, 0.717) is 5.92 Å². The number of aromatic nitrogens is 2. The SMILES string of the molecule is CCCCC(CC)CNc1ncnc(NC)c1C(C)C. The first kappa shape index (κ1) is 16.7. The van der Waals surface area contributed by atoms with E-state index in [2.05, 4.69) is 48.3 Å². The number of nitrogens with zero attached hydrogens (tertiary/aromatic N) is 2. The maximum atomic E-state index is 4.43. The molecule has 20 heavy (non-hydrogen) atoms. The molecule has 114 valence electrons. The molecule has 4 heteroatoms. The van der Waals surface area contributed by atoms with Crippen LogP contribution in [0.4, 0.5) is 11.6 Å². The van der Waals surface area contributed by atoms with Gasteiger partial charge in [0, 0.05) is 19.2 Å². The van der Waals surface area contributed by atoms with Crippen LogP contribution in [0, 0.1) is 5.92 Å². The summed E-state index contributed by atoms with van der Waals surface area (Å²) in [6.45, 7) is 9.87. The van der Waals surface area contributed by atoms with Gasteiger partial charge in [-0.1, -0.05) is 47.0 Å². The molecule has 1 aromatic rings. The Bertz CT molecular complexity index is 390. The summed E-state index contributed by atoms with van der Waals surface area (Å²) >= 11 is 0. The lowest BCUT2D eigenvalue weighted by Gasteiger charge is -2.20. The minimum absolute atomic E-state index is 0.400. The van der Waals surface area contributed by atoms with Gasteiger partial charge in [0.05, 0.1) is 0 Å². The van der Waals surface area contributed by atoms with E-state index in [4.69, 9.17) is 0 Å². The van der Waals surface area contributed by atoms with Gasteiger partial charge in [-0.25, -0.2) is 9.97 Å². The van der Waals surface area contributed by atoms with Crippen molar-refractivity contribution in [2.45, 2.75) is 59.3 Å². The normalized spacial score (nSPS) is 12.5. The molecule has 0 amide bonds. The van der Waals surface area contributed by atoms with Gasteiger partial charge in [0.25, 0.3) is 0 Å². The van der Waals surface area contributed by atoms with Crippen LogP contribution in [0.1, 0.15) is 64.9 Å². The van der Waals surface area contributed by atoms with E-state index >= 15 is 0 Å². The Morgan fingerprint density at radius 3 is 2.40 bits per heavy atom. The van der Waals surface area contributed by atoms with Gasteiger partial charge in [-0.3, -0.25) is 0 Å². The summed E-state index contributed by atoms with van der Waals surface area (Å²) in [5, 5.41) is 6.70. The second-order valence-corrected chi connectivity index (χ2v) is 5.69. The van der Waals surface area contributed by atoms with Gasteiger partial charge in [0.15, 0.2) is 0 Å². The number of hydrogen-bond donors (Lipinski definition) is 2. The maximum absolute atomic E-state index is 4.43. The Kier molecular flexibility index (Phi) is 7.34. The minimum atomic E-state index is 0.400. The average Bonchev–Trinajstić information content (AvgIpc) is 2.46. The molecule has 4 nitrogen and oxygen atoms in total. The lowest BCUT2D eigenvalue weighted by Crippen LogP contribution is -2.17. The third kappa shape index (κ3) is 4.66. The zero-order valence-corrected chi connectivity index (χ0v) is 13.7. The molecule has 0 fully saturated rings. The fourth-order valence-electron chi connectivity index (χ4n) is 2.47. The summed E-state index contributed by atoms with van der Waals surface area (Å²) in [4.78, 5) is 8.75. The largest absolute Gasteiger partial charge is 0.373 e. The molecule has 0 spiro atoms. The minimum Gasteiger partial charge on any atom is -0.373 e. The molecule has 1 heterocycles. The predicted octanol–water partition coefficient (Wildman–Crippen LogP) is 4.27. The summed E-state index contributed by atoms with van der Waals surface area (Å²) in [5.41, 5.74) is 1.18. The van der Waals surface area contributed by atoms with Gasteiger partial charge >= 0.3 is 0 Å². The lowest BCUT2D eigenvalue weighted by molar-refractivity contribution is 0.472. The van der Waals surface area contributed by atoms with Crippen LogP contribution < -0.4 is 10.6 Å². The Morgan fingerprint density at radius 1 is 1.15 bits per heavy atom. The van der Waals surface area contributed by atoms with Crippen molar-refractivity contribution in [1.82, 2.24) is 9.97 Å². The molecule has 1 atom stereocenters. The number of anilines is 2. The van der Waals surface area contributed by atoms with Crippen LogP contribution in [0.2, 0.25) is 0 Å². The zero-order chi connectivity index (χ0) is 15.0. The highest BCUT2D eigenvalue weighted by Crippen LogP contribution is 2.28. The van der Waals surface area contributed by atoms with E-state index < -0.39 is 0 Å². The summed E-state index contributed by atoms with van der Waals surface area (Å²) in [7, 11) is 1.91. The third-order valence-electron chi connectivity index (χ3n) is 3.80. The number of unbranched alkanes of at least 4 members (excludes halogenated alkanes) is 1. The van der Waals surface area contributed by atoms with Crippen molar-refractivity contribution >= 4 is 11.6 Å². The van der Waals surface area contributed by atoms with Crippen LogP contribution in [0.15, 0.2) is 6.33 Å². The highest BCUT2D eigenvalue weighted by atomic mass is 15.1. The van der Waals surface area contributed by atoms with E-state index in [1.165, 1.54) is 31.2 Å². The Hall–Kier alpha value is -1.32. The molecule has 0 aliphatic carbocycles. The molecule has 0 aliphatic heterocycles. The Balaban J connectivity index is 2.76. The standard InChI is InChI=1S/C16H30N4/c1-6-8-9-13(7-2)10-18-16-14(12(3)4)15(17-5)19-11-20-16/h11-13H,6-10H2,1-5H3,(H2,17,18,19,20). The van der Waals surface area contributed by atoms with Crippen molar-refractivity contribution in [2.24, 2.45) is 5.92 Å². The van der Waals surface area contributed by atoms with E-state index in [0.717, 1.165) is 24.1 Å². The first-order chi connectivity index (χ1) is 9.63. The highest BCUT2D eigenvalue weighted by Gasteiger charge is 2.15. The maximum Gasteiger partial charge on any atom is 0.134 e. The fraction of sp³-hybridized carbons (Fsp3) is 0.750. The van der Waals surface area contributed by atoms with Crippen LogP contribution >= 0.6 is 0 Å². The zero-order valence-electron chi connectivity index (χ0n) is 13.7. The van der Waals surface area contributed by atoms with Crippen LogP contribution in [0.3, 0.4) is 0 Å². The Morgan fingerprint density at radius 2 is 1.85 bits per heavy atom. The summed E-state index contributed by atoms with van der Waals surface area (Å²) in [5.74, 6) is 3.04. The molecule has 2 N–H and O–H groups in total. The predicted molar refractivity (Wildman–Crippen MR) is 87.5 cm³/mol. The Labute approximate surface area is 123 Å². The van der Waals surface area contributed by atoms with Crippen molar-refractivity contribution in [3.8, 4) is 0 Å². The van der Waals surface area contributed by atoms with Gasteiger partial charge in [-0.2, -0.15) is 0 Å². The lowest BCUT2D eigenvalue weighted by atomic mass is 9.99. The second-order valence-electron chi connectivity index (χ2n) is 5.69. The smallest absolute Gasteiger partial charge is 0.134 e. The topological polar surface area (TPSA) is 49.8 Å². The summed E-state index contributed by atoms with van der Waals surface area (Å²) in [6, 6.07) is 0. The number of rotatable bonds is 9. The molecular weight excluding hydrogens is 248 g/mol. The molecule has 1 rings (SSSR count). The molecule has 0 bridgehead atoms. The van der Waals surface area contributed by atoms with Crippen LogP contribution in [-0.4, -0.2) is 23.6 Å². The van der Waals surface area contributed by atoms with Crippen molar-refractivity contribution in [2.75, 3.05) is 24.2 Å². The van der Waals surface area contributed by atoms with Gasteiger partial charge < -0.3 is 10.6 Å². The summed E-state index contributed by atoms with van der Waals surface area (Å²) in [6.07, 6.45) is 6.72. The van der Waals surface area contributed by atoms with Crippen LogP contribution in [0.25, 0.3) is 0 Å². The van der Waals surface area contributed by atoms with E-state index in [-0.39, 0.29) is 0 Å². The molecular formula is C16H30N4. The first-order valence-electron chi connectivity index (χ1n) is 7.90. The molecule has 0 radical (unpaired) electrons. The van der Waals surface area contributed by atoms with Crippen molar-refractivity contribution in [1.29, 1.82) is 0 Å². The van der Waals surface area contributed by atoms with Gasteiger partial charge in [-0.05, 0) is 18.3 Å². The van der Waals surface area contributed by atoms with Gasteiger partial charge in [0.1, 0.15) is 18.0 Å². The molecule has 0 saturated heterocycles. The van der Waals surface area contributed by atoms with E-state index in [9.17, 15) is 0 Å². The van der Waals surface area contributed by atoms with Crippen molar-refractivity contribution in [3.63, 3.8) is 0 Å². The van der Waals surface area contributed by atoms with E-state index in [1.54, 1.807) is 6.33 Å². The van der Waals surface area contributed by atoms with Crippen LogP contribution in [0.5, 0.6) is 0 Å². The van der Waals surface area contributed by atoms with Gasteiger partial charge in [0.2, 0.25) is 0 Å². The summed E-state index contributed by atoms with van der Waals surface area (Å²) < 4.78 is 0. The fourth-order valence-corrected chi connectivity index (χ4v) is 2.47. The second kappa shape index (κ2) is 8.77.